The van der Waals surface area contributed by atoms with E-state index >= 15 is 0 Å². The van der Waals surface area contributed by atoms with E-state index in [4.69, 9.17) is 27.9 Å². The van der Waals surface area contributed by atoms with Crippen molar-refractivity contribution in [1.29, 1.82) is 0 Å². The van der Waals surface area contributed by atoms with Gasteiger partial charge in [0.05, 0.1) is 27.9 Å². The molecule has 3 nitrogen and oxygen atoms in total. The van der Waals surface area contributed by atoms with Crippen LogP contribution >= 0.6 is 23.2 Å². The molecule has 0 amide bonds. The maximum atomic E-state index is 6.18. The minimum absolute atomic E-state index is 0.152. The molecule has 0 saturated carbocycles. The summed E-state index contributed by atoms with van der Waals surface area (Å²) < 4.78 is 5.63. The van der Waals surface area contributed by atoms with Crippen molar-refractivity contribution in [2.45, 2.75) is 37.8 Å². The lowest BCUT2D eigenvalue weighted by molar-refractivity contribution is 0.0997. The fourth-order valence-electron chi connectivity index (χ4n) is 2.32. The van der Waals surface area contributed by atoms with Crippen LogP contribution in [0, 0.1) is 0 Å². The van der Waals surface area contributed by atoms with Crippen LogP contribution in [0.2, 0.25) is 10.0 Å². The average Bonchev–Trinajstić information content (AvgIpc) is 2.85. The van der Waals surface area contributed by atoms with E-state index in [1.165, 1.54) is 6.42 Å². The highest BCUT2D eigenvalue weighted by atomic mass is 35.5. The molecule has 0 aliphatic carbocycles. The second kappa shape index (κ2) is 6.71. The van der Waals surface area contributed by atoms with E-state index in [1.807, 2.05) is 7.05 Å². The summed E-state index contributed by atoms with van der Waals surface area (Å²) in [5.41, 5.74) is 0.863. The Morgan fingerprint density at radius 1 is 1.56 bits per heavy atom. The molecule has 5 heteroatoms. The lowest BCUT2D eigenvalue weighted by Gasteiger charge is -2.18. The molecule has 1 N–H and O–H groups in total. The van der Waals surface area contributed by atoms with Crippen LogP contribution in [0.1, 0.15) is 37.4 Å². The van der Waals surface area contributed by atoms with E-state index in [-0.39, 0.29) is 6.04 Å². The third-order valence-corrected chi connectivity index (χ3v) is 3.83. The molecular formula is C13H18Cl2N2O. The van der Waals surface area contributed by atoms with Gasteiger partial charge in [0.2, 0.25) is 0 Å². The Balaban J connectivity index is 1.98. The number of nitrogens with zero attached hydrogens (tertiary/aromatic N) is 1. The number of nitrogens with one attached hydrogen (secondary N) is 1. The van der Waals surface area contributed by atoms with Gasteiger partial charge in [0.1, 0.15) is 0 Å². The Labute approximate surface area is 118 Å². The van der Waals surface area contributed by atoms with Gasteiger partial charge in [0.15, 0.2) is 0 Å². The first-order valence-electron chi connectivity index (χ1n) is 6.30. The average molecular weight is 289 g/mol. The van der Waals surface area contributed by atoms with Crippen molar-refractivity contribution in [1.82, 2.24) is 10.3 Å². The standard InChI is InChI=1S/C13H18Cl2N2O/c1-16-12(5-4-10-3-2-6-18-10)13-11(15)7-9(14)8-17-13/h7-8,10,12,16H,2-6H2,1H3. The molecule has 1 aromatic rings. The summed E-state index contributed by atoms with van der Waals surface area (Å²) in [5.74, 6) is 0. The number of hydrogen-bond donors (Lipinski definition) is 1. The lowest BCUT2D eigenvalue weighted by atomic mass is 10.0. The number of pyridine rings is 1. The van der Waals surface area contributed by atoms with Crippen LogP contribution in [0.4, 0.5) is 0 Å². The van der Waals surface area contributed by atoms with Gasteiger partial charge in [-0.3, -0.25) is 4.98 Å². The molecule has 1 saturated heterocycles. The predicted molar refractivity (Wildman–Crippen MR) is 74.3 cm³/mol. The van der Waals surface area contributed by atoms with Crippen LogP contribution in [0.5, 0.6) is 0 Å². The number of ether oxygens (including phenoxy) is 1. The molecule has 0 spiro atoms. The molecule has 0 aromatic carbocycles. The van der Waals surface area contributed by atoms with Crippen LogP contribution in [-0.4, -0.2) is 24.7 Å². The summed E-state index contributed by atoms with van der Waals surface area (Å²) in [7, 11) is 1.92. The monoisotopic (exact) mass is 288 g/mol. The third kappa shape index (κ3) is 3.58. The van der Waals surface area contributed by atoms with Crippen LogP contribution in [-0.2, 0) is 4.74 Å². The molecule has 1 aliphatic heterocycles. The molecule has 18 heavy (non-hydrogen) atoms. The normalized spacial score (nSPS) is 21.2. The topological polar surface area (TPSA) is 34.1 Å². The molecule has 0 radical (unpaired) electrons. The van der Waals surface area contributed by atoms with Gasteiger partial charge in [-0.2, -0.15) is 0 Å². The van der Waals surface area contributed by atoms with E-state index in [9.17, 15) is 0 Å². The zero-order chi connectivity index (χ0) is 13.0. The van der Waals surface area contributed by atoms with E-state index in [0.717, 1.165) is 31.6 Å². The van der Waals surface area contributed by atoms with Crippen molar-refractivity contribution < 1.29 is 4.74 Å². The molecule has 2 heterocycles. The van der Waals surface area contributed by atoms with Gasteiger partial charge in [0.25, 0.3) is 0 Å². The molecule has 1 aliphatic rings. The molecular weight excluding hydrogens is 271 g/mol. The van der Waals surface area contributed by atoms with E-state index in [2.05, 4.69) is 10.3 Å². The highest BCUT2D eigenvalue weighted by molar-refractivity contribution is 6.34. The van der Waals surface area contributed by atoms with Crippen molar-refractivity contribution in [2.75, 3.05) is 13.7 Å². The summed E-state index contributed by atoms with van der Waals surface area (Å²) >= 11 is 12.0. The SMILES string of the molecule is CNC(CCC1CCCO1)c1ncc(Cl)cc1Cl. The first-order chi connectivity index (χ1) is 8.70. The minimum atomic E-state index is 0.152. The fraction of sp³-hybridized carbons (Fsp3) is 0.615. The molecule has 1 fully saturated rings. The Kier molecular flexibility index (Phi) is 5.25. The van der Waals surface area contributed by atoms with Gasteiger partial charge in [0, 0.05) is 12.8 Å². The summed E-state index contributed by atoms with van der Waals surface area (Å²) in [5, 5.41) is 4.44. The summed E-state index contributed by atoms with van der Waals surface area (Å²) in [6.45, 7) is 0.898. The minimum Gasteiger partial charge on any atom is -0.378 e. The fourth-order valence-corrected chi connectivity index (χ4v) is 2.84. The van der Waals surface area contributed by atoms with Gasteiger partial charge < -0.3 is 10.1 Å². The largest absolute Gasteiger partial charge is 0.378 e. The van der Waals surface area contributed by atoms with Gasteiger partial charge >= 0.3 is 0 Å². The van der Waals surface area contributed by atoms with Crippen molar-refractivity contribution in [2.24, 2.45) is 0 Å². The zero-order valence-electron chi connectivity index (χ0n) is 10.5. The van der Waals surface area contributed by atoms with Crippen LogP contribution < -0.4 is 5.32 Å². The number of halogens is 2. The van der Waals surface area contributed by atoms with Gasteiger partial charge in [-0.25, -0.2) is 0 Å². The van der Waals surface area contributed by atoms with Gasteiger partial charge in [-0.05, 0) is 38.8 Å². The third-order valence-electron chi connectivity index (χ3n) is 3.32. The molecule has 100 valence electrons. The van der Waals surface area contributed by atoms with Crippen LogP contribution in [0.25, 0.3) is 0 Å². The Hall–Kier alpha value is -0.350. The highest BCUT2D eigenvalue weighted by Crippen LogP contribution is 2.28. The predicted octanol–water partition coefficient (Wildman–Crippen LogP) is 3.61. The number of rotatable bonds is 5. The van der Waals surface area contributed by atoms with Crippen molar-refractivity contribution in [3.8, 4) is 0 Å². The lowest BCUT2D eigenvalue weighted by Crippen LogP contribution is -2.20. The van der Waals surface area contributed by atoms with E-state index in [1.54, 1.807) is 12.3 Å². The van der Waals surface area contributed by atoms with Crippen LogP contribution in [0.3, 0.4) is 0 Å². The second-order valence-electron chi connectivity index (χ2n) is 4.57. The Bertz CT molecular complexity index is 395. The Morgan fingerprint density at radius 2 is 2.39 bits per heavy atom. The number of hydrogen-bond acceptors (Lipinski definition) is 3. The molecule has 2 atom stereocenters. The van der Waals surface area contributed by atoms with E-state index in [0.29, 0.717) is 16.1 Å². The summed E-state index contributed by atoms with van der Waals surface area (Å²) in [4.78, 5) is 4.33. The smallest absolute Gasteiger partial charge is 0.0760 e. The Morgan fingerprint density at radius 3 is 3.00 bits per heavy atom. The second-order valence-corrected chi connectivity index (χ2v) is 5.42. The quantitative estimate of drug-likeness (QED) is 0.899. The molecule has 2 unspecified atom stereocenters. The van der Waals surface area contributed by atoms with Crippen molar-refractivity contribution in [3.63, 3.8) is 0 Å². The first kappa shape index (κ1) is 14.1. The summed E-state index contributed by atoms with van der Waals surface area (Å²) in [6.07, 6.45) is 6.38. The summed E-state index contributed by atoms with van der Waals surface area (Å²) in [6, 6.07) is 1.89. The maximum Gasteiger partial charge on any atom is 0.0760 e. The van der Waals surface area contributed by atoms with Crippen molar-refractivity contribution >= 4 is 23.2 Å². The first-order valence-corrected chi connectivity index (χ1v) is 7.06. The van der Waals surface area contributed by atoms with Crippen molar-refractivity contribution in [3.05, 3.63) is 28.0 Å². The van der Waals surface area contributed by atoms with E-state index < -0.39 is 0 Å². The van der Waals surface area contributed by atoms with Crippen LogP contribution in [0.15, 0.2) is 12.3 Å². The maximum absolute atomic E-state index is 6.18. The number of aromatic nitrogens is 1. The molecule has 2 rings (SSSR count). The van der Waals surface area contributed by atoms with Gasteiger partial charge in [-0.15, -0.1) is 0 Å². The molecule has 1 aromatic heterocycles. The molecule has 0 bridgehead atoms. The van der Waals surface area contributed by atoms with Gasteiger partial charge in [-0.1, -0.05) is 23.2 Å². The highest BCUT2D eigenvalue weighted by Gasteiger charge is 2.20. The zero-order valence-corrected chi connectivity index (χ0v) is 12.0.